The van der Waals surface area contributed by atoms with Gasteiger partial charge in [-0.3, -0.25) is 9.59 Å². The van der Waals surface area contributed by atoms with Gasteiger partial charge in [-0.2, -0.15) is 0 Å². The average Bonchev–Trinajstić information content (AvgIpc) is 2.10. The molecule has 1 amide bonds. The number of amides is 1. The lowest BCUT2D eigenvalue weighted by Gasteiger charge is -2.18. The number of hydrogen-bond donors (Lipinski definition) is 2. The van der Waals surface area contributed by atoms with Crippen molar-refractivity contribution >= 4 is 21.7 Å². The Morgan fingerprint density at radius 1 is 1.29 bits per heavy atom. The summed E-state index contributed by atoms with van der Waals surface area (Å²) in [4.78, 5) is 22.1. The van der Waals surface area contributed by atoms with Crippen LogP contribution in [0, 0.1) is 5.41 Å². The first-order valence-electron chi connectivity index (χ1n) is 5.22. The van der Waals surface area contributed by atoms with Gasteiger partial charge in [-0.05, 0) is 20.3 Å². The van der Waals surface area contributed by atoms with Crippen LogP contribution in [0.5, 0.6) is 0 Å². The van der Waals surface area contributed by atoms with E-state index in [2.05, 4.69) is 5.32 Å². The Balaban J connectivity index is 3.94. The van der Waals surface area contributed by atoms with Gasteiger partial charge in [0.1, 0.15) is 9.84 Å². The second-order valence-corrected chi connectivity index (χ2v) is 6.96. The van der Waals surface area contributed by atoms with Crippen molar-refractivity contribution in [3.63, 3.8) is 0 Å². The van der Waals surface area contributed by atoms with Gasteiger partial charge in [-0.15, -0.1) is 0 Å². The van der Waals surface area contributed by atoms with Crippen LogP contribution in [-0.2, 0) is 19.4 Å². The van der Waals surface area contributed by atoms with Crippen LogP contribution in [0.4, 0.5) is 0 Å². The molecule has 0 saturated carbocycles. The maximum absolute atomic E-state index is 11.4. The van der Waals surface area contributed by atoms with E-state index in [4.69, 9.17) is 5.11 Å². The van der Waals surface area contributed by atoms with Crippen LogP contribution in [0.25, 0.3) is 0 Å². The number of rotatable bonds is 7. The molecule has 0 saturated heterocycles. The second kappa shape index (κ2) is 6.00. The van der Waals surface area contributed by atoms with E-state index in [0.717, 1.165) is 6.26 Å². The highest BCUT2D eigenvalue weighted by atomic mass is 32.2. The molecule has 0 aromatic rings. The zero-order valence-corrected chi connectivity index (χ0v) is 11.1. The molecule has 0 aromatic heterocycles. The maximum Gasteiger partial charge on any atom is 0.309 e. The predicted molar refractivity (Wildman–Crippen MR) is 63.4 cm³/mol. The lowest BCUT2D eigenvalue weighted by atomic mass is 9.89. The van der Waals surface area contributed by atoms with Crippen LogP contribution in [-0.4, -0.2) is 44.0 Å². The fraction of sp³-hybridized carbons (Fsp3) is 0.800. The van der Waals surface area contributed by atoms with Crippen LogP contribution in [0.1, 0.15) is 26.7 Å². The quantitative estimate of drug-likeness (QED) is 0.633. The molecule has 0 spiro atoms. The molecular weight excluding hydrogens is 246 g/mol. The normalized spacial score (nSPS) is 12.2. The van der Waals surface area contributed by atoms with Gasteiger partial charge in [0, 0.05) is 19.2 Å². The number of nitrogens with one attached hydrogen (secondary N) is 1. The number of carbonyl (C=O) groups excluding carboxylic acids is 1. The molecule has 100 valence electrons. The van der Waals surface area contributed by atoms with Crippen molar-refractivity contribution in [2.24, 2.45) is 5.41 Å². The molecule has 0 aromatic carbocycles. The van der Waals surface area contributed by atoms with Gasteiger partial charge in [0.2, 0.25) is 5.91 Å². The molecule has 0 rings (SSSR count). The Morgan fingerprint density at radius 3 is 2.24 bits per heavy atom. The van der Waals surface area contributed by atoms with E-state index in [0.29, 0.717) is 6.42 Å². The number of hydrogen-bond acceptors (Lipinski definition) is 4. The molecule has 0 fully saturated rings. The number of carboxylic acid groups (broad SMARTS) is 1. The van der Waals surface area contributed by atoms with Gasteiger partial charge in [0.05, 0.1) is 11.2 Å². The molecule has 7 heteroatoms. The van der Waals surface area contributed by atoms with Crippen LogP contribution in [0.3, 0.4) is 0 Å². The molecule has 17 heavy (non-hydrogen) atoms. The fourth-order valence-corrected chi connectivity index (χ4v) is 1.77. The topological polar surface area (TPSA) is 101 Å². The highest BCUT2D eigenvalue weighted by Crippen LogP contribution is 2.19. The predicted octanol–water partition coefficient (Wildman–Crippen LogP) is 0.0382. The highest BCUT2D eigenvalue weighted by molar-refractivity contribution is 7.90. The third-order valence-electron chi connectivity index (χ3n) is 2.20. The van der Waals surface area contributed by atoms with Gasteiger partial charge in [0.25, 0.3) is 0 Å². The standard InChI is InChI=1S/C10H19NO5S/c1-10(2,9(13)14)7-8(12)11-5-4-6-17(3,15)16/h4-7H2,1-3H3,(H,11,12)(H,13,14). The summed E-state index contributed by atoms with van der Waals surface area (Å²) >= 11 is 0. The minimum atomic E-state index is -3.02. The molecule has 0 bridgehead atoms. The van der Waals surface area contributed by atoms with E-state index in [1.165, 1.54) is 13.8 Å². The van der Waals surface area contributed by atoms with Crippen LogP contribution < -0.4 is 5.32 Å². The zero-order valence-electron chi connectivity index (χ0n) is 10.3. The summed E-state index contributed by atoms with van der Waals surface area (Å²) < 4.78 is 21.6. The smallest absolute Gasteiger partial charge is 0.309 e. The fourth-order valence-electron chi connectivity index (χ4n) is 1.10. The third-order valence-corrected chi connectivity index (χ3v) is 3.23. The number of carboxylic acids is 1. The first-order valence-corrected chi connectivity index (χ1v) is 7.28. The van der Waals surface area contributed by atoms with E-state index in [9.17, 15) is 18.0 Å². The second-order valence-electron chi connectivity index (χ2n) is 4.70. The summed E-state index contributed by atoms with van der Waals surface area (Å²) in [6, 6.07) is 0. The Kier molecular flexibility index (Phi) is 5.60. The van der Waals surface area contributed by atoms with Crippen molar-refractivity contribution in [3.05, 3.63) is 0 Å². The number of carbonyl (C=O) groups is 2. The average molecular weight is 265 g/mol. The van der Waals surface area contributed by atoms with Crippen molar-refractivity contribution in [2.75, 3.05) is 18.6 Å². The number of sulfone groups is 1. The molecule has 0 unspecified atom stereocenters. The van der Waals surface area contributed by atoms with Gasteiger partial charge < -0.3 is 10.4 Å². The summed E-state index contributed by atoms with van der Waals surface area (Å²) in [5.41, 5.74) is -1.11. The Labute approximate surface area is 101 Å². The summed E-state index contributed by atoms with van der Waals surface area (Å²) in [7, 11) is -3.02. The molecule has 6 nitrogen and oxygen atoms in total. The van der Waals surface area contributed by atoms with E-state index >= 15 is 0 Å². The van der Waals surface area contributed by atoms with Crippen LogP contribution in [0.2, 0.25) is 0 Å². The molecule has 0 radical (unpaired) electrons. The largest absolute Gasteiger partial charge is 0.481 e. The summed E-state index contributed by atoms with van der Waals surface area (Å²) in [6.45, 7) is 3.17. The van der Waals surface area contributed by atoms with Crippen LogP contribution in [0.15, 0.2) is 0 Å². The number of aliphatic carboxylic acids is 1. The lowest BCUT2D eigenvalue weighted by Crippen LogP contribution is -2.34. The van der Waals surface area contributed by atoms with Gasteiger partial charge in [-0.1, -0.05) is 0 Å². The molecule has 0 aliphatic carbocycles. The van der Waals surface area contributed by atoms with Gasteiger partial charge in [0.15, 0.2) is 0 Å². The van der Waals surface area contributed by atoms with E-state index in [1.807, 2.05) is 0 Å². The molecular formula is C10H19NO5S. The molecule has 2 N–H and O–H groups in total. The zero-order chi connectivity index (χ0) is 13.7. The van der Waals surface area contributed by atoms with Crippen molar-refractivity contribution in [1.29, 1.82) is 0 Å². The van der Waals surface area contributed by atoms with Crippen molar-refractivity contribution in [3.8, 4) is 0 Å². The monoisotopic (exact) mass is 265 g/mol. The van der Waals surface area contributed by atoms with E-state index < -0.39 is 21.2 Å². The first kappa shape index (κ1) is 15.9. The SMILES string of the molecule is CC(C)(CC(=O)NCCCS(C)(=O)=O)C(=O)O. The maximum atomic E-state index is 11.4. The Bertz CT molecular complexity index is 386. The Morgan fingerprint density at radius 2 is 1.82 bits per heavy atom. The van der Waals surface area contributed by atoms with Gasteiger partial charge in [-0.25, -0.2) is 8.42 Å². The Hall–Kier alpha value is -1.11. The molecule has 0 aliphatic heterocycles. The molecule has 0 heterocycles. The summed E-state index contributed by atoms with van der Waals surface area (Å²) in [5.74, 6) is -1.41. The summed E-state index contributed by atoms with van der Waals surface area (Å²) in [6.07, 6.45) is 1.33. The molecule has 0 atom stereocenters. The van der Waals surface area contributed by atoms with Crippen molar-refractivity contribution in [2.45, 2.75) is 26.7 Å². The lowest BCUT2D eigenvalue weighted by molar-refractivity contribution is -0.149. The minimum absolute atomic E-state index is 0.00953. The first-order chi connectivity index (χ1) is 7.54. The molecule has 0 aliphatic rings. The summed E-state index contributed by atoms with van der Waals surface area (Å²) in [5, 5.41) is 11.3. The van der Waals surface area contributed by atoms with Crippen molar-refractivity contribution in [1.82, 2.24) is 5.32 Å². The van der Waals surface area contributed by atoms with E-state index in [1.54, 1.807) is 0 Å². The minimum Gasteiger partial charge on any atom is -0.481 e. The van der Waals surface area contributed by atoms with E-state index in [-0.39, 0.29) is 24.6 Å². The van der Waals surface area contributed by atoms with Crippen LogP contribution >= 0.6 is 0 Å². The van der Waals surface area contributed by atoms with Gasteiger partial charge >= 0.3 is 5.97 Å². The van der Waals surface area contributed by atoms with Crippen molar-refractivity contribution < 1.29 is 23.1 Å². The third kappa shape index (κ3) is 7.73. The highest BCUT2D eigenvalue weighted by Gasteiger charge is 2.29.